The quantitative estimate of drug-likeness (QED) is 0.708. The fourth-order valence-corrected chi connectivity index (χ4v) is 2.81. The summed E-state index contributed by atoms with van der Waals surface area (Å²) in [6.45, 7) is 2.78. The molecular weight excluding hydrogens is 318 g/mol. The zero-order valence-electron chi connectivity index (χ0n) is 14.4. The molecule has 2 aromatic rings. The van der Waals surface area contributed by atoms with Crippen molar-refractivity contribution < 1.29 is 14.3 Å². The van der Waals surface area contributed by atoms with Crippen LogP contribution in [-0.2, 0) is 20.7 Å². The number of nitrogens with zero attached hydrogens (tertiary/aromatic N) is 2. The minimum atomic E-state index is 0.00624. The normalized spacial score (nSPS) is 16.9. The summed E-state index contributed by atoms with van der Waals surface area (Å²) >= 11 is 0. The Morgan fingerprint density at radius 3 is 3.04 bits per heavy atom. The number of amides is 1. The molecule has 6 nitrogen and oxygen atoms in total. The molecule has 1 unspecified atom stereocenters. The van der Waals surface area contributed by atoms with Crippen LogP contribution in [0.5, 0.6) is 0 Å². The molecule has 1 aliphatic rings. The van der Waals surface area contributed by atoms with Crippen molar-refractivity contribution in [2.45, 2.75) is 31.8 Å². The SMILES string of the molecule is O=C(Cc1cnn(-c2ccccc2)c1)NCCCOCC1CCCO1. The van der Waals surface area contributed by atoms with E-state index in [-0.39, 0.29) is 12.0 Å². The molecule has 134 valence electrons. The summed E-state index contributed by atoms with van der Waals surface area (Å²) in [5.41, 5.74) is 1.88. The molecule has 1 aromatic carbocycles. The zero-order valence-corrected chi connectivity index (χ0v) is 14.4. The van der Waals surface area contributed by atoms with E-state index < -0.39 is 0 Å². The summed E-state index contributed by atoms with van der Waals surface area (Å²) in [7, 11) is 0. The van der Waals surface area contributed by atoms with Crippen LogP contribution in [0.25, 0.3) is 5.69 Å². The van der Waals surface area contributed by atoms with E-state index in [1.54, 1.807) is 10.9 Å². The van der Waals surface area contributed by atoms with Crippen LogP contribution in [0.3, 0.4) is 0 Å². The maximum absolute atomic E-state index is 12.0. The van der Waals surface area contributed by atoms with Crippen LogP contribution in [-0.4, -0.2) is 48.2 Å². The summed E-state index contributed by atoms with van der Waals surface area (Å²) < 4.78 is 12.9. The van der Waals surface area contributed by atoms with Crippen LogP contribution >= 0.6 is 0 Å². The Balaban J connectivity index is 1.31. The first-order chi connectivity index (χ1) is 12.3. The van der Waals surface area contributed by atoms with Crippen molar-refractivity contribution in [1.82, 2.24) is 15.1 Å². The second kappa shape index (κ2) is 9.34. The molecule has 0 bridgehead atoms. The standard InChI is InChI=1S/C19H25N3O3/c23-19(20-9-5-10-24-15-18-8-4-11-25-18)12-16-13-21-22(14-16)17-6-2-1-3-7-17/h1-3,6-7,13-14,18H,4-5,8-12,15H2,(H,20,23). The first-order valence-electron chi connectivity index (χ1n) is 8.86. The third kappa shape index (κ3) is 5.69. The topological polar surface area (TPSA) is 65.4 Å². The number of carbonyl (C=O) groups excluding carboxylic acids is 1. The Morgan fingerprint density at radius 1 is 1.36 bits per heavy atom. The van der Waals surface area contributed by atoms with Crippen LogP contribution in [0.1, 0.15) is 24.8 Å². The van der Waals surface area contributed by atoms with Gasteiger partial charge in [0.1, 0.15) is 0 Å². The molecule has 2 heterocycles. The van der Waals surface area contributed by atoms with E-state index in [4.69, 9.17) is 9.47 Å². The molecule has 1 saturated heterocycles. The minimum Gasteiger partial charge on any atom is -0.379 e. The molecule has 1 amide bonds. The summed E-state index contributed by atoms with van der Waals surface area (Å²) in [5.74, 6) is 0.00624. The van der Waals surface area contributed by atoms with Gasteiger partial charge in [-0.3, -0.25) is 4.79 Å². The van der Waals surface area contributed by atoms with Crippen LogP contribution in [0.15, 0.2) is 42.7 Å². The van der Waals surface area contributed by atoms with E-state index in [9.17, 15) is 4.79 Å². The number of aromatic nitrogens is 2. The number of hydrogen-bond acceptors (Lipinski definition) is 4. The third-order valence-electron chi connectivity index (χ3n) is 4.14. The molecule has 3 rings (SSSR count). The van der Waals surface area contributed by atoms with E-state index in [0.717, 1.165) is 37.1 Å². The van der Waals surface area contributed by atoms with E-state index in [2.05, 4.69) is 10.4 Å². The molecule has 0 aliphatic carbocycles. The second-order valence-electron chi connectivity index (χ2n) is 6.22. The van der Waals surface area contributed by atoms with Crippen LogP contribution in [0, 0.1) is 0 Å². The van der Waals surface area contributed by atoms with Crippen molar-refractivity contribution in [2.75, 3.05) is 26.4 Å². The Kier molecular flexibility index (Phi) is 6.59. The minimum absolute atomic E-state index is 0.00624. The van der Waals surface area contributed by atoms with Crippen molar-refractivity contribution in [2.24, 2.45) is 0 Å². The Bertz CT molecular complexity index is 651. The molecule has 1 fully saturated rings. The lowest BCUT2D eigenvalue weighted by Crippen LogP contribution is -2.27. The van der Waals surface area contributed by atoms with Gasteiger partial charge in [0.05, 0.1) is 31.0 Å². The molecule has 0 spiro atoms. The van der Waals surface area contributed by atoms with E-state index in [1.807, 2.05) is 36.5 Å². The van der Waals surface area contributed by atoms with Gasteiger partial charge in [0, 0.05) is 26.0 Å². The number of carbonyl (C=O) groups is 1. The lowest BCUT2D eigenvalue weighted by molar-refractivity contribution is -0.120. The highest BCUT2D eigenvalue weighted by molar-refractivity contribution is 5.78. The Morgan fingerprint density at radius 2 is 2.24 bits per heavy atom. The highest BCUT2D eigenvalue weighted by Gasteiger charge is 2.14. The van der Waals surface area contributed by atoms with Gasteiger partial charge in [-0.15, -0.1) is 0 Å². The molecule has 1 aliphatic heterocycles. The highest BCUT2D eigenvalue weighted by Crippen LogP contribution is 2.12. The number of benzene rings is 1. The molecule has 0 radical (unpaired) electrons. The monoisotopic (exact) mass is 343 g/mol. The molecule has 0 saturated carbocycles. The van der Waals surface area contributed by atoms with E-state index >= 15 is 0 Å². The van der Waals surface area contributed by atoms with Gasteiger partial charge in [-0.05, 0) is 37.0 Å². The second-order valence-corrected chi connectivity index (χ2v) is 6.22. The summed E-state index contributed by atoms with van der Waals surface area (Å²) in [5, 5.41) is 7.22. The van der Waals surface area contributed by atoms with Gasteiger partial charge in [0.15, 0.2) is 0 Å². The van der Waals surface area contributed by atoms with E-state index in [1.165, 1.54) is 0 Å². The highest BCUT2D eigenvalue weighted by atomic mass is 16.5. The Labute approximate surface area is 148 Å². The van der Waals surface area contributed by atoms with E-state index in [0.29, 0.717) is 26.2 Å². The average Bonchev–Trinajstić information content (AvgIpc) is 3.31. The number of ether oxygens (including phenoxy) is 2. The largest absolute Gasteiger partial charge is 0.379 e. The molecule has 6 heteroatoms. The fraction of sp³-hybridized carbons (Fsp3) is 0.474. The predicted molar refractivity (Wildman–Crippen MR) is 94.7 cm³/mol. The molecule has 1 aromatic heterocycles. The van der Waals surface area contributed by atoms with Crippen molar-refractivity contribution in [3.05, 3.63) is 48.3 Å². The maximum Gasteiger partial charge on any atom is 0.224 e. The predicted octanol–water partition coefficient (Wildman–Crippen LogP) is 2.12. The zero-order chi connectivity index (χ0) is 17.3. The third-order valence-corrected chi connectivity index (χ3v) is 4.14. The van der Waals surface area contributed by atoms with Gasteiger partial charge < -0.3 is 14.8 Å². The molecular formula is C19H25N3O3. The first-order valence-corrected chi connectivity index (χ1v) is 8.86. The first kappa shape index (κ1) is 17.6. The molecule has 1 atom stereocenters. The fourth-order valence-electron chi connectivity index (χ4n) is 2.81. The van der Waals surface area contributed by atoms with Gasteiger partial charge in [0.25, 0.3) is 0 Å². The Hall–Kier alpha value is -2.18. The van der Waals surface area contributed by atoms with Crippen LogP contribution in [0.4, 0.5) is 0 Å². The van der Waals surface area contributed by atoms with Gasteiger partial charge in [-0.1, -0.05) is 18.2 Å². The van der Waals surface area contributed by atoms with Crippen LogP contribution in [0.2, 0.25) is 0 Å². The number of nitrogens with one attached hydrogen (secondary N) is 1. The lowest BCUT2D eigenvalue weighted by atomic mass is 10.2. The van der Waals surface area contributed by atoms with Gasteiger partial charge in [0.2, 0.25) is 5.91 Å². The molecule has 1 N–H and O–H groups in total. The molecule has 25 heavy (non-hydrogen) atoms. The van der Waals surface area contributed by atoms with Crippen molar-refractivity contribution in [3.63, 3.8) is 0 Å². The lowest BCUT2D eigenvalue weighted by Gasteiger charge is -2.10. The smallest absolute Gasteiger partial charge is 0.224 e. The van der Waals surface area contributed by atoms with Crippen LogP contribution < -0.4 is 5.32 Å². The summed E-state index contributed by atoms with van der Waals surface area (Å²) in [6.07, 6.45) is 7.25. The number of rotatable bonds is 9. The van der Waals surface area contributed by atoms with Crippen molar-refractivity contribution in [3.8, 4) is 5.69 Å². The number of para-hydroxylation sites is 1. The number of hydrogen-bond donors (Lipinski definition) is 1. The van der Waals surface area contributed by atoms with Crippen molar-refractivity contribution >= 4 is 5.91 Å². The van der Waals surface area contributed by atoms with Gasteiger partial charge >= 0.3 is 0 Å². The maximum atomic E-state index is 12.0. The van der Waals surface area contributed by atoms with Gasteiger partial charge in [-0.2, -0.15) is 5.10 Å². The van der Waals surface area contributed by atoms with Crippen molar-refractivity contribution in [1.29, 1.82) is 0 Å². The summed E-state index contributed by atoms with van der Waals surface area (Å²) in [4.78, 5) is 12.0. The average molecular weight is 343 g/mol. The summed E-state index contributed by atoms with van der Waals surface area (Å²) in [6, 6.07) is 9.85. The van der Waals surface area contributed by atoms with Gasteiger partial charge in [-0.25, -0.2) is 4.68 Å².